The Labute approximate surface area is 147 Å². The number of carbonyl (C=O) groups excluding carboxylic acids is 1. The van der Waals surface area contributed by atoms with Crippen molar-refractivity contribution in [2.24, 2.45) is 0 Å². The number of anilines is 1. The Morgan fingerprint density at radius 3 is 2.75 bits per heavy atom. The molecule has 0 aliphatic heterocycles. The van der Waals surface area contributed by atoms with E-state index in [9.17, 15) is 10.1 Å². The highest BCUT2D eigenvalue weighted by molar-refractivity contribution is 6.31. The van der Waals surface area contributed by atoms with Crippen LogP contribution in [-0.2, 0) is 11.3 Å². The van der Waals surface area contributed by atoms with Gasteiger partial charge in [-0.1, -0.05) is 35.9 Å². The third-order valence-corrected chi connectivity index (χ3v) is 4.20. The van der Waals surface area contributed by atoms with Crippen molar-refractivity contribution in [1.82, 2.24) is 0 Å². The van der Waals surface area contributed by atoms with Crippen LogP contribution in [0.5, 0.6) is 0 Å². The molecule has 0 spiro atoms. The number of aryl methyl sites for hydroxylation is 1. The second-order valence-electron chi connectivity index (χ2n) is 5.73. The summed E-state index contributed by atoms with van der Waals surface area (Å²) in [4.78, 5) is 13.4. The minimum atomic E-state index is -0.0633. The molecule has 0 bridgehead atoms. The van der Waals surface area contributed by atoms with Gasteiger partial charge in [0.25, 0.3) is 5.91 Å². The van der Waals surface area contributed by atoms with E-state index in [1.807, 2.05) is 38.1 Å². The molecule has 24 heavy (non-hydrogen) atoms. The maximum Gasteiger partial charge on any atom is 0.279 e. The first kappa shape index (κ1) is 18.0. The van der Waals surface area contributed by atoms with Gasteiger partial charge in [-0.2, -0.15) is 5.26 Å². The zero-order chi connectivity index (χ0) is 17.5. The Morgan fingerprint density at radius 2 is 2.04 bits per heavy atom. The first-order valence-electron chi connectivity index (χ1n) is 7.91. The van der Waals surface area contributed by atoms with Gasteiger partial charge in [-0.15, -0.1) is 0 Å². The summed E-state index contributed by atoms with van der Waals surface area (Å²) in [5.41, 5.74) is 3.33. The number of nitrogens with zero attached hydrogens (tertiary/aromatic N) is 1. The predicted octanol–water partition coefficient (Wildman–Crippen LogP) is 2.56. The van der Waals surface area contributed by atoms with Crippen molar-refractivity contribution in [3.8, 4) is 6.07 Å². The molecule has 0 aliphatic carbocycles. The topological polar surface area (TPSA) is 57.3 Å². The number of quaternary nitrogens is 1. The lowest BCUT2D eigenvalue weighted by molar-refractivity contribution is -0.903. The molecule has 0 fully saturated rings. The van der Waals surface area contributed by atoms with Crippen LogP contribution in [0.3, 0.4) is 0 Å². The lowest BCUT2D eigenvalue weighted by Crippen LogP contribution is -3.11. The largest absolute Gasteiger partial charge is 0.324 e. The van der Waals surface area contributed by atoms with E-state index in [0.29, 0.717) is 23.7 Å². The smallest absolute Gasteiger partial charge is 0.279 e. The lowest BCUT2D eigenvalue weighted by Gasteiger charge is -2.18. The quantitative estimate of drug-likeness (QED) is 0.847. The van der Waals surface area contributed by atoms with Crippen LogP contribution < -0.4 is 10.2 Å². The Kier molecular flexibility index (Phi) is 6.36. The summed E-state index contributed by atoms with van der Waals surface area (Å²) in [7, 11) is 0. The van der Waals surface area contributed by atoms with Crippen molar-refractivity contribution in [2.75, 3.05) is 18.4 Å². The van der Waals surface area contributed by atoms with Crippen LogP contribution in [0.2, 0.25) is 5.02 Å². The summed E-state index contributed by atoms with van der Waals surface area (Å²) in [6, 6.07) is 15.1. The van der Waals surface area contributed by atoms with Gasteiger partial charge in [0.1, 0.15) is 6.54 Å². The van der Waals surface area contributed by atoms with E-state index >= 15 is 0 Å². The Balaban J connectivity index is 2.03. The molecule has 2 rings (SSSR count). The molecule has 2 aromatic carbocycles. The minimum absolute atomic E-state index is 0.0633. The van der Waals surface area contributed by atoms with Crippen LogP contribution in [0, 0.1) is 18.3 Å². The zero-order valence-corrected chi connectivity index (χ0v) is 14.7. The highest BCUT2D eigenvalue weighted by atomic mass is 35.5. The normalized spacial score (nSPS) is 11.6. The van der Waals surface area contributed by atoms with Gasteiger partial charge < -0.3 is 10.2 Å². The molecule has 1 atom stereocenters. The monoisotopic (exact) mass is 342 g/mol. The number of rotatable bonds is 6. The molecule has 0 saturated carbocycles. The Bertz CT molecular complexity index is 767. The van der Waals surface area contributed by atoms with Crippen LogP contribution in [0.25, 0.3) is 0 Å². The molecule has 1 amide bonds. The second-order valence-corrected chi connectivity index (χ2v) is 6.17. The number of amides is 1. The van der Waals surface area contributed by atoms with Gasteiger partial charge in [-0.3, -0.25) is 4.79 Å². The van der Waals surface area contributed by atoms with E-state index in [0.717, 1.165) is 28.3 Å². The van der Waals surface area contributed by atoms with Gasteiger partial charge in [0, 0.05) is 16.3 Å². The standard InChI is InChI=1S/C19H20ClN3O/c1-3-23(12-16-7-5-4-6-15(16)11-21)13-19(24)22-18-10-17(20)9-8-14(18)2/h4-10H,3,12-13H2,1-2H3,(H,22,24)/p+1. The summed E-state index contributed by atoms with van der Waals surface area (Å²) >= 11 is 5.99. The maximum absolute atomic E-state index is 12.3. The molecular formula is C19H21ClN3O+. The molecule has 124 valence electrons. The van der Waals surface area contributed by atoms with Gasteiger partial charge in [0.2, 0.25) is 0 Å². The van der Waals surface area contributed by atoms with Gasteiger partial charge >= 0.3 is 0 Å². The molecule has 5 heteroatoms. The van der Waals surface area contributed by atoms with Crippen LogP contribution in [0.15, 0.2) is 42.5 Å². The SMILES string of the molecule is CC[NH+](CC(=O)Nc1cc(Cl)ccc1C)Cc1ccccc1C#N. The van der Waals surface area contributed by atoms with E-state index in [4.69, 9.17) is 11.6 Å². The molecule has 2 aromatic rings. The van der Waals surface area contributed by atoms with Crippen LogP contribution >= 0.6 is 11.6 Å². The molecule has 0 radical (unpaired) electrons. The van der Waals surface area contributed by atoms with Crippen molar-refractivity contribution in [1.29, 1.82) is 5.26 Å². The van der Waals surface area contributed by atoms with Gasteiger partial charge in [-0.25, -0.2) is 0 Å². The second kappa shape index (κ2) is 8.49. The number of halogens is 1. The van der Waals surface area contributed by atoms with Crippen LogP contribution in [0.1, 0.15) is 23.6 Å². The van der Waals surface area contributed by atoms with E-state index in [-0.39, 0.29) is 5.91 Å². The molecule has 0 aromatic heterocycles. The molecule has 0 saturated heterocycles. The van der Waals surface area contributed by atoms with Crippen molar-refractivity contribution in [3.05, 3.63) is 64.2 Å². The summed E-state index contributed by atoms with van der Waals surface area (Å²) in [5.74, 6) is -0.0633. The summed E-state index contributed by atoms with van der Waals surface area (Å²) in [5, 5.41) is 12.7. The Morgan fingerprint density at radius 1 is 1.29 bits per heavy atom. The minimum Gasteiger partial charge on any atom is -0.324 e. The van der Waals surface area contributed by atoms with Crippen LogP contribution in [0.4, 0.5) is 5.69 Å². The third-order valence-electron chi connectivity index (χ3n) is 3.96. The molecule has 2 N–H and O–H groups in total. The van der Waals surface area contributed by atoms with E-state index in [1.54, 1.807) is 18.2 Å². The van der Waals surface area contributed by atoms with Crippen molar-refractivity contribution in [3.63, 3.8) is 0 Å². The summed E-state index contributed by atoms with van der Waals surface area (Å²) < 4.78 is 0. The van der Waals surface area contributed by atoms with Gasteiger partial charge in [0.15, 0.2) is 6.54 Å². The number of carbonyl (C=O) groups is 1. The molecule has 0 aliphatic rings. The molecular weight excluding hydrogens is 322 g/mol. The third kappa shape index (κ3) is 4.82. The van der Waals surface area contributed by atoms with Crippen molar-refractivity contribution in [2.45, 2.75) is 20.4 Å². The van der Waals surface area contributed by atoms with Crippen LogP contribution in [-0.4, -0.2) is 19.0 Å². The maximum atomic E-state index is 12.3. The van der Waals surface area contributed by atoms with Crippen molar-refractivity contribution < 1.29 is 9.69 Å². The highest BCUT2D eigenvalue weighted by Crippen LogP contribution is 2.19. The first-order chi connectivity index (χ1) is 11.5. The average molecular weight is 343 g/mol. The van der Waals surface area contributed by atoms with Crippen molar-refractivity contribution >= 4 is 23.2 Å². The fraction of sp³-hybridized carbons (Fsp3) is 0.263. The molecule has 4 nitrogen and oxygen atoms in total. The van der Waals surface area contributed by atoms with E-state index < -0.39 is 0 Å². The average Bonchev–Trinajstić information content (AvgIpc) is 2.58. The van der Waals surface area contributed by atoms with E-state index in [1.165, 1.54) is 0 Å². The zero-order valence-electron chi connectivity index (χ0n) is 13.9. The lowest BCUT2D eigenvalue weighted by atomic mass is 10.1. The molecule has 0 heterocycles. The van der Waals surface area contributed by atoms with Gasteiger partial charge in [0.05, 0.1) is 18.2 Å². The predicted molar refractivity (Wildman–Crippen MR) is 96.1 cm³/mol. The first-order valence-corrected chi connectivity index (χ1v) is 8.28. The number of nitrogens with one attached hydrogen (secondary N) is 2. The number of likely N-dealkylation sites (N-methyl/N-ethyl adjacent to an activating group) is 1. The van der Waals surface area contributed by atoms with E-state index in [2.05, 4.69) is 11.4 Å². The number of hydrogen-bond donors (Lipinski definition) is 2. The Hall–Kier alpha value is -2.35. The van der Waals surface area contributed by atoms with Gasteiger partial charge in [-0.05, 0) is 37.6 Å². The number of nitriles is 1. The summed E-state index contributed by atoms with van der Waals surface area (Å²) in [6.45, 7) is 5.73. The number of benzene rings is 2. The highest BCUT2D eigenvalue weighted by Gasteiger charge is 2.16. The number of hydrogen-bond acceptors (Lipinski definition) is 2. The fourth-order valence-corrected chi connectivity index (χ4v) is 2.69. The molecule has 1 unspecified atom stereocenters. The summed E-state index contributed by atoms with van der Waals surface area (Å²) in [6.07, 6.45) is 0. The fourth-order valence-electron chi connectivity index (χ4n) is 2.52.